The molecule has 0 fully saturated rings. The lowest BCUT2D eigenvalue weighted by molar-refractivity contribution is -0.110. The van der Waals surface area contributed by atoms with Crippen LogP contribution < -0.4 is 34.3 Å². The highest BCUT2D eigenvalue weighted by Crippen LogP contribution is 2.25. The Bertz CT molecular complexity index is 1240. The molecule has 0 spiro atoms. The molecule has 0 unspecified atom stereocenters. The average molecular weight is 426 g/mol. The van der Waals surface area contributed by atoms with Crippen LogP contribution >= 0.6 is 11.3 Å². The first-order valence-electron chi connectivity index (χ1n) is 9.02. The second kappa shape index (κ2) is 9.32. The van der Waals surface area contributed by atoms with Crippen LogP contribution in [0.3, 0.4) is 0 Å². The van der Waals surface area contributed by atoms with Crippen molar-refractivity contribution >= 4 is 35.1 Å². The lowest BCUT2D eigenvalue weighted by Gasteiger charge is -2.07. The molecule has 1 heterocycles. The topological polar surface area (TPSA) is 78.8 Å². The van der Waals surface area contributed by atoms with Gasteiger partial charge in [-0.05, 0) is 30.3 Å². The number of hydrogen-bond acceptors (Lipinski definition) is 6. The predicted octanol–water partition coefficient (Wildman–Crippen LogP) is 1.72. The van der Waals surface area contributed by atoms with Crippen molar-refractivity contribution in [2.24, 2.45) is 7.05 Å². The maximum absolute atomic E-state index is 12.7. The highest BCUT2D eigenvalue weighted by atomic mass is 32.1. The van der Waals surface area contributed by atoms with E-state index in [4.69, 9.17) is 14.2 Å². The summed E-state index contributed by atoms with van der Waals surface area (Å²) in [4.78, 5) is 25.1. The van der Waals surface area contributed by atoms with E-state index in [1.807, 2.05) is 12.1 Å². The van der Waals surface area contributed by atoms with Crippen molar-refractivity contribution in [3.63, 3.8) is 0 Å². The molecule has 0 aliphatic heterocycles. The number of nitrogens with zero attached hydrogens (tertiary/aromatic N) is 1. The summed E-state index contributed by atoms with van der Waals surface area (Å²) in [6.45, 7) is 0. The Morgan fingerprint density at radius 3 is 2.47 bits per heavy atom. The smallest absolute Gasteiger partial charge is 0.268 e. The van der Waals surface area contributed by atoms with Gasteiger partial charge in [-0.15, -0.1) is 11.3 Å². The summed E-state index contributed by atoms with van der Waals surface area (Å²) >= 11 is 1.22. The van der Waals surface area contributed by atoms with Crippen molar-refractivity contribution in [3.8, 4) is 17.2 Å². The lowest BCUT2D eigenvalue weighted by atomic mass is 10.2. The number of anilines is 1. The van der Waals surface area contributed by atoms with Crippen molar-refractivity contribution in [1.29, 1.82) is 0 Å². The molecule has 0 bridgehead atoms. The molecule has 30 heavy (non-hydrogen) atoms. The monoisotopic (exact) mass is 426 g/mol. The third kappa shape index (κ3) is 4.55. The zero-order chi connectivity index (χ0) is 21.7. The minimum Gasteiger partial charge on any atom is -0.497 e. The zero-order valence-electron chi connectivity index (χ0n) is 17.1. The second-order valence-corrected chi connectivity index (χ2v) is 7.32. The molecule has 0 saturated carbocycles. The van der Waals surface area contributed by atoms with E-state index in [-0.39, 0.29) is 11.5 Å². The van der Waals surface area contributed by atoms with E-state index >= 15 is 0 Å². The molecular formula is C22H22N2O5S. The molecule has 0 atom stereocenters. The van der Waals surface area contributed by atoms with Crippen molar-refractivity contribution in [2.75, 3.05) is 26.6 Å². The largest absolute Gasteiger partial charge is 0.497 e. The molecule has 8 heteroatoms. The number of hydrogen-bond donors (Lipinski definition) is 1. The fourth-order valence-corrected chi connectivity index (χ4v) is 3.84. The minimum absolute atomic E-state index is 0.200. The fraction of sp³-hybridized carbons (Fsp3) is 0.182. The quantitative estimate of drug-likeness (QED) is 0.649. The van der Waals surface area contributed by atoms with Gasteiger partial charge >= 0.3 is 0 Å². The maximum atomic E-state index is 12.7. The van der Waals surface area contributed by atoms with E-state index in [1.165, 1.54) is 29.1 Å². The normalized spacial score (nSPS) is 12.0. The first-order valence-corrected chi connectivity index (χ1v) is 9.83. The summed E-state index contributed by atoms with van der Waals surface area (Å²) in [5.74, 6) is 1.44. The highest BCUT2D eigenvalue weighted by molar-refractivity contribution is 7.07. The van der Waals surface area contributed by atoms with Gasteiger partial charge in [0.15, 0.2) is 0 Å². The number of amides is 1. The number of aromatic nitrogens is 1. The zero-order valence-corrected chi connectivity index (χ0v) is 17.9. The van der Waals surface area contributed by atoms with Gasteiger partial charge in [-0.2, -0.15) is 0 Å². The Morgan fingerprint density at radius 2 is 1.77 bits per heavy atom. The van der Waals surface area contributed by atoms with Crippen LogP contribution in [-0.4, -0.2) is 31.8 Å². The molecule has 3 aromatic rings. The fourth-order valence-electron chi connectivity index (χ4n) is 2.82. The number of carbonyl (C=O) groups is 1. The van der Waals surface area contributed by atoms with Crippen LogP contribution in [0.2, 0.25) is 0 Å². The molecule has 0 saturated heterocycles. The van der Waals surface area contributed by atoms with Gasteiger partial charge in [-0.1, -0.05) is 12.1 Å². The summed E-state index contributed by atoms with van der Waals surface area (Å²) in [7, 11) is 6.29. The number of para-hydroxylation sites is 2. The second-order valence-electron chi connectivity index (χ2n) is 6.25. The Hall–Kier alpha value is -3.52. The Balaban J connectivity index is 1.98. The van der Waals surface area contributed by atoms with Crippen LogP contribution in [0.4, 0.5) is 5.69 Å². The highest BCUT2D eigenvalue weighted by Gasteiger charge is 2.08. The Morgan fingerprint density at radius 1 is 1.03 bits per heavy atom. The summed E-state index contributed by atoms with van der Waals surface area (Å²) < 4.78 is 18.3. The van der Waals surface area contributed by atoms with Crippen molar-refractivity contribution in [2.45, 2.75) is 0 Å². The molecular weight excluding hydrogens is 404 g/mol. The number of carbonyl (C=O) groups excluding carboxylic acids is 1. The number of thiazole rings is 1. The van der Waals surface area contributed by atoms with Crippen LogP contribution in [0.25, 0.3) is 12.2 Å². The van der Waals surface area contributed by atoms with Gasteiger partial charge in [0.1, 0.15) is 21.9 Å². The van der Waals surface area contributed by atoms with E-state index in [1.54, 1.807) is 57.7 Å². The minimum atomic E-state index is -0.357. The first-order chi connectivity index (χ1) is 14.5. The molecule has 156 valence electrons. The van der Waals surface area contributed by atoms with Gasteiger partial charge in [-0.3, -0.25) is 9.59 Å². The van der Waals surface area contributed by atoms with Crippen molar-refractivity contribution in [1.82, 2.24) is 4.57 Å². The van der Waals surface area contributed by atoms with Crippen LogP contribution in [0, 0.1) is 0 Å². The lowest BCUT2D eigenvalue weighted by Crippen LogP contribution is -2.29. The molecule has 1 aromatic heterocycles. The van der Waals surface area contributed by atoms with Gasteiger partial charge in [-0.25, -0.2) is 0 Å². The van der Waals surface area contributed by atoms with Crippen molar-refractivity contribution < 1.29 is 19.0 Å². The maximum Gasteiger partial charge on any atom is 0.268 e. The summed E-state index contributed by atoms with van der Waals surface area (Å²) in [5, 5.41) is 2.77. The predicted molar refractivity (Wildman–Crippen MR) is 118 cm³/mol. The number of nitrogens with one attached hydrogen (secondary N) is 1. The standard InChI is InChI=1S/C22H22N2O5S/c1-24-21(13-20(25)23-16-7-5-6-8-17(16)28-3)30-19(22(24)26)11-14-9-10-15(27-2)12-18(14)29-4/h5-13H,1-4H3,(H,23,25). The van der Waals surface area contributed by atoms with E-state index in [2.05, 4.69) is 5.32 Å². The average Bonchev–Trinajstić information content (AvgIpc) is 3.02. The van der Waals surface area contributed by atoms with Crippen LogP contribution in [0.1, 0.15) is 5.56 Å². The van der Waals surface area contributed by atoms with Gasteiger partial charge in [0.05, 0.1) is 31.5 Å². The summed E-state index contributed by atoms with van der Waals surface area (Å²) in [5.41, 5.74) is 1.09. The van der Waals surface area contributed by atoms with Gasteiger partial charge in [0.2, 0.25) is 0 Å². The van der Waals surface area contributed by atoms with E-state index in [9.17, 15) is 9.59 Å². The van der Waals surface area contributed by atoms with Crippen molar-refractivity contribution in [3.05, 3.63) is 67.6 Å². The van der Waals surface area contributed by atoms with E-state index in [0.29, 0.717) is 32.1 Å². The molecule has 1 N–H and O–H groups in total. The Kier molecular flexibility index (Phi) is 6.58. The molecule has 0 aliphatic rings. The summed E-state index contributed by atoms with van der Waals surface area (Å²) in [6.07, 6.45) is 3.13. The van der Waals surface area contributed by atoms with Gasteiger partial charge < -0.3 is 24.1 Å². The number of rotatable bonds is 6. The van der Waals surface area contributed by atoms with Crippen LogP contribution in [-0.2, 0) is 11.8 Å². The molecule has 1 amide bonds. The SMILES string of the molecule is COc1ccc(C=c2sc(=CC(=O)Nc3ccccc3OC)n(C)c2=O)c(OC)c1. The molecule has 0 radical (unpaired) electrons. The van der Waals surface area contributed by atoms with Crippen LogP contribution in [0.5, 0.6) is 17.2 Å². The molecule has 7 nitrogen and oxygen atoms in total. The number of methoxy groups -OCH3 is 3. The molecule has 2 aromatic carbocycles. The number of benzene rings is 2. The molecule has 3 rings (SSSR count). The third-order valence-electron chi connectivity index (χ3n) is 4.41. The number of ether oxygens (including phenoxy) is 3. The third-order valence-corrected chi connectivity index (χ3v) is 5.52. The molecule has 0 aliphatic carbocycles. The first kappa shape index (κ1) is 21.2. The van der Waals surface area contributed by atoms with E-state index in [0.717, 1.165) is 5.56 Å². The van der Waals surface area contributed by atoms with E-state index < -0.39 is 0 Å². The van der Waals surface area contributed by atoms with Gasteiger partial charge in [0, 0.05) is 24.8 Å². The Labute approximate surface area is 177 Å². The van der Waals surface area contributed by atoms with Crippen LogP contribution in [0.15, 0.2) is 47.3 Å². The van der Waals surface area contributed by atoms with Gasteiger partial charge in [0.25, 0.3) is 11.5 Å². The summed E-state index contributed by atoms with van der Waals surface area (Å²) in [6, 6.07) is 12.5.